The Kier molecular flexibility index (Phi) is 3.62. The van der Waals surface area contributed by atoms with Gasteiger partial charge in [-0.3, -0.25) is 4.79 Å². The third kappa shape index (κ3) is 2.71. The van der Waals surface area contributed by atoms with Gasteiger partial charge in [0.05, 0.1) is 12.5 Å². The lowest BCUT2D eigenvalue weighted by molar-refractivity contribution is -0.141. The van der Waals surface area contributed by atoms with Crippen molar-refractivity contribution in [2.75, 3.05) is 0 Å². The van der Waals surface area contributed by atoms with Crippen LogP contribution >= 0.6 is 0 Å². The average Bonchev–Trinajstić information content (AvgIpc) is 2.69. The lowest BCUT2D eigenvalue weighted by Gasteiger charge is -2.10. The Balaban J connectivity index is 1.64. The van der Waals surface area contributed by atoms with E-state index in [2.05, 4.69) is 6.92 Å². The van der Waals surface area contributed by atoms with Gasteiger partial charge in [-0.25, -0.2) is 0 Å². The van der Waals surface area contributed by atoms with Crippen molar-refractivity contribution in [2.45, 2.75) is 70.2 Å². The number of ether oxygens (including phenoxy) is 2. The molecule has 15 heavy (non-hydrogen) atoms. The normalized spacial score (nSPS) is 34.2. The Bertz CT molecular complexity index is 211. The van der Waals surface area contributed by atoms with E-state index in [1.165, 1.54) is 25.7 Å². The van der Waals surface area contributed by atoms with Crippen LogP contribution < -0.4 is 0 Å². The van der Waals surface area contributed by atoms with E-state index in [-0.39, 0.29) is 18.2 Å². The molecule has 2 fully saturated rings. The van der Waals surface area contributed by atoms with Crippen LogP contribution in [0.15, 0.2) is 0 Å². The van der Waals surface area contributed by atoms with Crippen molar-refractivity contribution in [3.8, 4) is 0 Å². The molecule has 86 valence electrons. The molecule has 2 aliphatic heterocycles. The molecule has 3 nitrogen and oxygen atoms in total. The molecule has 0 radical (unpaired) electrons. The summed E-state index contributed by atoms with van der Waals surface area (Å²) in [6.07, 6.45) is 8.11. The summed E-state index contributed by atoms with van der Waals surface area (Å²) in [7, 11) is 0. The van der Waals surface area contributed by atoms with Gasteiger partial charge in [-0.2, -0.15) is 0 Å². The van der Waals surface area contributed by atoms with Gasteiger partial charge in [-0.05, 0) is 6.42 Å². The summed E-state index contributed by atoms with van der Waals surface area (Å²) in [6, 6.07) is 0. The highest BCUT2D eigenvalue weighted by molar-refractivity contribution is 5.72. The van der Waals surface area contributed by atoms with Crippen LogP contribution in [-0.4, -0.2) is 24.3 Å². The van der Waals surface area contributed by atoms with Crippen LogP contribution in [-0.2, 0) is 14.3 Å². The highest BCUT2D eigenvalue weighted by atomic mass is 16.6. The van der Waals surface area contributed by atoms with Crippen LogP contribution in [0, 0.1) is 0 Å². The summed E-state index contributed by atoms with van der Waals surface area (Å²) < 4.78 is 11.0. The van der Waals surface area contributed by atoms with Crippen LogP contribution in [0.1, 0.15) is 51.9 Å². The Morgan fingerprint density at radius 2 is 2.13 bits per heavy atom. The number of carbonyl (C=O) groups is 1. The van der Waals surface area contributed by atoms with Gasteiger partial charge < -0.3 is 9.47 Å². The van der Waals surface area contributed by atoms with E-state index in [0.29, 0.717) is 12.5 Å². The van der Waals surface area contributed by atoms with E-state index < -0.39 is 0 Å². The van der Waals surface area contributed by atoms with Gasteiger partial charge in [0, 0.05) is 6.42 Å². The predicted molar refractivity (Wildman–Crippen MR) is 56.5 cm³/mol. The number of rotatable bonds is 5. The predicted octanol–water partition coefficient (Wildman–Crippen LogP) is 2.43. The third-order valence-electron chi connectivity index (χ3n) is 3.31. The Morgan fingerprint density at radius 1 is 1.27 bits per heavy atom. The highest BCUT2D eigenvalue weighted by Crippen LogP contribution is 2.33. The van der Waals surface area contributed by atoms with Crippen molar-refractivity contribution in [1.82, 2.24) is 0 Å². The van der Waals surface area contributed by atoms with Gasteiger partial charge in [0.1, 0.15) is 12.2 Å². The molecule has 0 amide bonds. The molecule has 3 atom stereocenters. The number of fused-ring (bicyclic) bond motifs is 1. The summed E-state index contributed by atoms with van der Waals surface area (Å²) in [5, 5.41) is 0. The molecule has 0 saturated carbocycles. The van der Waals surface area contributed by atoms with Crippen molar-refractivity contribution in [3.05, 3.63) is 0 Å². The maximum atomic E-state index is 11.0. The van der Waals surface area contributed by atoms with Crippen LogP contribution in [0.2, 0.25) is 0 Å². The molecule has 0 bridgehead atoms. The molecular formula is C12H20O3. The molecule has 0 unspecified atom stereocenters. The average molecular weight is 212 g/mol. The number of hydrogen-bond acceptors (Lipinski definition) is 3. The molecule has 2 heterocycles. The van der Waals surface area contributed by atoms with Gasteiger partial charge in [0.15, 0.2) is 0 Å². The quantitative estimate of drug-likeness (QED) is 0.518. The fraction of sp³-hybridized carbons (Fsp3) is 0.917. The van der Waals surface area contributed by atoms with Crippen LogP contribution in [0.3, 0.4) is 0 Å². The first-order valence-corrected chi connectivity index (χ1v) is 6.14. The second-order valence-corrected chi connectivity index (χ2v) is 4.61. The number of esters is 1. The smallest absolute Gasteiger partial charge is 0.308 e. The molecular weight excluding hydrogens is 192 g/mol. The van der Waals surface area contributed by atoms with Gasteiger partial charge in [-0.15, -0.1) is 0 Å². The SMILES string of the molecule is CCCCCC[C@H]1C[C@H]2OC(=O)C[C@H]2O1. The maximum Gasteiger partial charge on any atom is 0.308 e. The number of unbranched alkanes of at least 4 members (excludes halogenated alkanes) is 3. The van der Waals surface area contributed by atoms with Crippen LogP contribution in [0.5, 0.6) is 0 Å². The lowest BCUT2D eigenvalue weighted by Crippen LogP contribution is -2.13. The van der Waals surface area contributed by atoms with Crippen molar-refractivity contribution in [3.63, 3.8) is 0 Å². The van der Waals surface area contributed by atoms with Gasteiger partial charge in [0.25, 0.3) is 0 Å². The zero-order valence-electron chi connectivity index (χ0n) is 9.41. The van der Waals surface area contributed by atoms with E-state index in [1.807, 2.05) is 0 Å². The highest BCUT2D eigenvalue weighted by Gasteiger charge is 2.43. The van der Waals surface area contributed by atoms with Crippen molar-refractivity contribution >= 4 is 5.97 Å². The summed E-state index contributed by atoms with van der Waals surface area (Å²) in [4.78, 5) is 11.0. The molecule has 2 aliphatic rings. The maximum absolute atomic E-state index is 11.0. The molecule has 0 aliphatic carbocycles. The van der Waals surface area contributed by atoms with Crippen LogP contribution in [0.4, 0.5) is 0 Å². The first-order chi connectivity index (χ1) is 7.29. The zero-order chi connectivity index (χ0) is 10.7. The topological polar surface area (TPSA) is 35.5 Å². The summed E-state index contributed by atoms with van der Waals surface area (Å²) in [5.41, 5.74) is 0. The molecule has 3 heteroatoms. The number of hydrogen-bond donors (Lipinski definition) is 0. The van der Waals surface area contributed by atoms with E-state index in [0.717, 1.165) is 12.8 Å². The van der Waals surface area contributed by atoms with Gasteiger partial charge >= 0.3 is 5.97 Å². The Labute approximate surface area is 91.1 Å². The first kappa shape index (κ1) is 10.9. The molecule has 2 saturated heterocycles. The fourth-order valence-electron chi connectivity index (χ4n) is 2.47. The summed E-state index contributed by atoms with van der Waals surface area (Å²) in [5.74, 6) is -0.0885. The van der Waals surface area contributed by atoms with Gasteiger partial charge in [-0.1, -0.05) is 32.6 Å². The van der Waals surface area contributed by atoms with E-state index >= 15 is 0 Å². The standard InChI is InChI=1S/C12H20O3/c1-2-3-4-5-6-9-7-10-11(14-9)8-12(13)15-10/h9-11H,2-8H2,1H3/t9-,10+,11+/m0/s1. The molecule has 2 rings (SSSR count). The Morgan fingerprint density at radius 3 is 2.87 bits per heavy atom. The zero-order valence-corrected chi connectivity index (χ0v) is 9.41. The van der Waals surface area contributed by atoms with Crippen molar-refractivity contribution < 1.29 is 14.3 Å². The Hall–Kier alpha value is -0.570. The molecule has 0 aromatic rings. The van der Waals surface area contributed by atoms with E-state index in [9.17, 15) is 4.79 Å². The third-order valence-corrected chi connectivity index (χ3v) is 3.31. The van der Waals surface area contributed by atoms with Crippen LogP contribution in [0.25, 0.3) is 0 Å². The molecule has 0 spiro atoms. The minimum absolute atomic E-state index is 0.0636. The minimum Gasteiger partial charge on any atom is -0.459 e. The molecule has 0 aromatic carbocycles. The monoisotopic (exact) mass is 212 g/mol. The van der Waals surface area contributed by atoms with Gasteiger partial charge in [0.2, 0.25) is 0 Å². The van der Waals surface area contributed by atoms with E-state index in [1.54, 1.807) is 0 Å². The summed E-state index contributed by atoms with van der Waals surface area (Å²) >= 11 is 0. The minimum atomic E-state index is -0.0885. The second kappa shape index (κ2) is 4.97. The fourth-order valence-corrected chi connectivity index (χ4v) is 2.47. The van der Waals surface area contributed by atoms with Crippen molar-refractivity contribution in [1.29, 1.82) is 0 Å². The largest absolute Gasteiger partial charge is 0.459 e. The number of carbonyl (C=O) groups excluding carboxylic acids is 1. The van der Waals surface area contributed by atoms with E-state index in [4.69, 9.17) is 9.47 Å². The van der Waals surface area contributed by atoms with Crippen molar-refractivity contribution in [2.24, 2.45) is 0 Å². The summed E-state index contributed by atoms with van der Waals surface area (Å²) in [6.45, 7) is 2.22. The first-order valence-electron chi connectivity index (χ1n) is 6.14. The molecule has 0 N–H and O–H groups in total. The lowest BCUT2D eigenvalue weighted by atomic mass is 10.1. The molecule has 0 aromatic heterocycles. The second-order valence-electron chi connectivity index (χ2n) is 4.61.